The van der Waals surface area contributed by atoms with Gasteiger partial charge in [-0.2, -0.15) is 0 Å². The van der Waals surface area contributed by atoms with E-state index in [4.69, 9.17) is 11.5 Å². The number of nitrogen functional groups attached to an aromatic ring is 2. The molecule has 2 heterocycles. The van der Waals surface area contributed by atoms with Crippen molar-refractivity contribution in [2.24, 2.45) is 7.05 Å². The molecule has 22 heavy (non-hydrogen) atoms. The second-order valence-corrected chi connectivity index (χ2v) is 5.02. The van der Waals surface area contributed by atoms with Crippen molar-refractivity contribution in [1.29, 1.82) is 0 Å². The van der Waals surface area contributed by atoms with Gasteiger partial charge in [-0.25, -0.2) is 19.3 Å². The van der Waals surface area contributed by atoms with Gasteiger partial charge in [-0.15, -0.1) is 0 Å². The molecule has 1 unspecified atom stereocenters. The van der Waals surface area contributed by atoms with Crippen LogP contribution in [0.1, 0.15) is 18.8 Å². The maximum absolute atomic E-state index is 13.9. The Kier molecular flexibility index (Phi) is 3.28. The van der Waals surface area contributed by atoms with Crippen LogP contribution in [0.15, 0.2) is 24.5 Å². The fraction of sp³-hybridized carbons (Fsp3) is 0.214. The van der Waals surface area contributed by atoms with E-state index in [0.29, 0.717) is 22.7 Å². The smallest absolute Gasteiger partial charge is 0.155 e. The molecule has 0 aliphatic rings. The van der Waals surface area contributed by atoms with Crippen molar-refractivity contribution in [2.45, 2.75) is 13.0 Å². The summed E-state index contributed by atoms with van der Waals surface area (Å²) in [6.07, 6.45) is 1.33. The van der Waals surface area contributed by atoms with E-state index < -0.39 is 0 Å². The fourth-order valence-corrected chi connectivity index (χ4v) is 2.42. The molecular formula is C14H16FN7. The van der Waals surface area contributed by atoms with E-state index in [2.05, 4.69) is 20.3 Å². The number of nitrogens with zero attached hydrogens (tertiary/aromatic N) is 4. The number of halogens is 1. The van der Waals surface area contributed by atoms with Crippen LogP contribution in [0.5, 0.6) is 0 Å². The monoisotopic (exact) mass is 301 g/mol. The lowest BCUT2D eigenvalue weighted by atomic mass is 10.3. The average Bonchev–Trinajstić information content (AvgIpc) is 2.82. The van der Waals surface area contributed by atoms with E-state index >= 15 is 0 Å². The summed E-state index contributed by atoms with van der Waals surface area (Å²) in [5.41, 5.74) is 12.8. The molecule has 1 aromatic carbocycles. The Bertz CT molecular complexity index is 843. The van der Waals surface area contributed by atoms with Crippen LogP contribution in [-0.2, 0) is 7.05 Å². The SMILES string of the molecule is CC(Nc1ncnc(N)c1N)c1nc2cccc(F)c2n1C. The molecule has 0 fully saturated rings. The number of nitrogens with one attached hydrogen (secondary N) is 1. The number of nitrogens with two attached hydrogens (primary N) is 2. The zero-order chi connectivity index (χ0) is 15.9. The predicted molar refractivity (Wildman–Crippen MR) is 83.6 cm³/mol. The molecule has 7 nitrogen and oxygen atoms in total. The molecule has 0 radical (unpaired) electrons. The minimum atomic E-state index is -0.309. The van der Waals surface area contributed by atoms with Crippen molar-refractivity contribution in [3.05, 3.63) is 36.2 Å². The zero-order valence-electron chi connectivity index (χ0n) is 12.2. The van der Waals surface area contributed by atoms with Crippen molar-refractivity contribution in [3.63, 3.8) is 0 Å². The third kappa shape index (κ3) is 2.18. The van der Waals surface area contributed by atoms with Gasteiger partial charge in [0, 0.05) is 7.05 Å². The van der Waals surface area contributed by atoms with E-state index in [1.165, 1.54) is 12.4 Å². The molecule has 0 aliphatic heterocycles. The van der Waals surface area contributed by atoms with Gasteiger partial charge in [0.2, 0.25) is 0 Å². The third-order valence-electron chi connectivity index (χ3n) is 3.53. The number of aromatic nitrogens is 4. The number of fused-ring (bicyclic) bond motifs is 1. The topological polar surface area (TPSA) is 108 Å². The van der Waals surface area contributed by atoms with Gasteiger partial charge in [0.15, 0.2) is 11.6 Å². The van der Waals surface area contributed by atoms with E-state index in [1.807, 2.05) is 6.92 Å². The largest absolute Gasteiger partial charge is 0.393 e. The van der Waals surface area contributed by atoms with E-state index in [1.54, 1.807) is 23.7 Å². The number of hydrogen-bond acceptors (Lipinski definition) is 6. The summed E-state index contributed by atoms with van der Waals surface area (Å²) in [5.74, 6) is 0.988. The highest BCUT2D eigenvalue weighted by Crippen LogP contribution is 2.26. The molecule has 0 amide bonds. The second kappa shape index (κ2) is 5.14. The molecule has 0 saturated heterocycles. The highest BCUT2D eigenvalue weighted by atomic mass is 19.1. The van der Waals surface area contributed by atoms with Crippen LogP contribution in [0.4, 0.5) is 21.7 Å². The Morgan fingerprint density at radius 3 is 2.77 bits per heavy atom. The maximum Gasteiger partial charge on any atom is 0.155 e. The molecule has 0 bridgehead atoms. The van der Waals surface area contributed by atoms with Crippen molar-refractivity contribution in [3.8, 4) is 0 Å². The number of anilines is 3. The quantitative estimate of drug-likeness (QED) is 0.681. The van der Waals surface area contributed by atoms with Gasteiger partial charge in [-0.05, 0) is 19.1 Å². The number of rotatable bonds is 3. The van der Waals surface area contributed by atoms with Crippen LogP contribution in [0.3, 0.4) is 0 Å². The summed E-state index contributed by atoms with van der Waals surface area (Å²) in [7, 11) is 1.77. The minimum Gasteiger partial charge on any atom is -0.393 e. The second-order valence-electron chi connectivity index (χ2n) is 5.02. The minimum absolute atomic E-state index is 0.209. The first-order valence-electron chi connectivity index (χ1n) is 6.72. The molecule has 0 saturated carbocycles. The Hall–Kier alpha value is -2.90. The molecule has 8 heteroatoms. The molecule has 3 rings (SSSR count). The van der Waals surface area contributed by atoms with Crippen molar-refractivity contribution >= 4 is 28.4 Å². The molecular weight excluding hydrogens is 285 g/mol. The van der Waals surface area contributed by atoms with Gasteiger partial charge in [0.05, 0.1) is 11.6 Å². The first-order valence-corrected chi connectivity index (χ1v) is 6.72. The molecule has 0 aliphatic carbocycles. The van der Waals surface area contributed by atoms with Gasteiger partial charge in [-0.3, -0.25) is 0 Å². The standard InChI is InChI=1S/C14H16FN7/c1-7(20-13-10(16)12(17)18-6-19-13)14-21-9-5-3-4-8(15)11(9)22(14)2/h3-7H,16H2,1-2H3,(H3,17,18,19,20). The molecule has 5 N–H and O–H groups in total. The van der Waals surface area contributed by atoms with Crippen LogP contribution in [0.25, 0.3) is 11.0 Å². The summed E-state index contributed by atoms with van der Waals surface area (Å²) < 4.78 is 15.6. The van der Waals surface area contributed by atoms with Crippen molar-refractivity contribution < 1.29 is 4.39 Å². The number of para-hydroxylation sites is 1. The first-order chi connectivity index (χ1) is 10.5. The summed E-state index contributed by atoms with van der Waals surface area (Å²) in [6, 6.07) is 4.57. The summed E-state index contributed by atoms with van der Waals surface area (Å²) >= 11 is 0. The Labute approximate surface area is 126 Å². The number of aryl methyl sites for hydroxylation is 1. The lowest BCUT2D eigenvalue weighted by molar-refractivity contribution is 0.627. The Balaban J connectivity index is 1.99. The van der Waals surface area contributed by atoms with Crippen molar-refractivity contribution in [2.75, 3.05) is 16.8 Å². The number of benzene rings is 1. The van der Waals surface area contributed by atoms with Gasteiger partial charge < -0.3 is 21.4 Å². The summed E-state index contributed by atoms with van der Waals surface area (Å²) in [6.45, 7) is 1.89. The third-order valence-corrected chi connectivity index (χ3v) is 3.53. The van der Waals surface area contributed by atoms with Crippen molar-refractivity contribution in [1.82, 2.24) is 19.5 Å². The Morgan fingerprint density at radius 2 is 2.05 bits per heavy atom. The highest BCUT2D eigenvalue weighted by molar-refractivity contribution is 5.77. The van der Waals surface area contributed by atoms with E-state index in [-0.39, 0.29) is 23.4 Å². The van der Waals surface area contributed by atoms with Gasteiger partial charge in [-0.1, -0.05) is 6.07 Å². The molecule has 2 aromatic heterocycles. The normalized spacial score (nSPS) is 12.5. The van der Waals surface area contributed by atoms with E-state index in [0.717, 1.165) is 0 Å². The lowest BCUT2D eigenvalue weighted by Crippen LogP contribution is -2.15. The van der Waals surface area contributed by atoms with Crippen LogP contribution >= 0.6 is 0 Å². The van der Waals surface area contributed by atoms with Gasteiger partial charge in [0.1, 0.15) is 29.2 Å². The predicted octanol–water partition coefficient (Wildman–Crippen LogP) is 1.84. The first kappa shape index (κ1) is 14.1. The van der Waals surface area contributed by atoms with Crippen LogP contribution in [0, 0.1) is 5.82 Å². The highest BCUT2D eigenvalue weighted by Gasteiger charge is 2.18. The van der Waals surface area contributed by atoms with Crippen LogP contribution in [0.2, 0.25) is 0 Å². The fourth-order valence-electron chi connectivity index (χ4n) is 2.42. The molecule has 114 valence electrons. The van der Waals surface area contributed by atoms with E-state index in [9.17, 15) is 4.39 Å². The molecule has 1 atom stereocenters. The summed E-state index contributed by atoms with van der Waals surface area (Å²) in [4.78, 5) is 12.3. The van der Waals surface area contributed by atoms with Gasteiger partial charge in [0.25, 0.3) is 0 Å². The molecule has 3 aromatic rings. The zero-order valence-corrected chi connectivity index (χ0v) is 12.2. The average molecular weight is 301 g/mol. The summed E-state index contributed by atoms with van der Waals surface area (Å²) in [5, 5.41) is 3.13. The van der Waals surface area contributed by atoms with Crippen LogP contribution < -0.4 is 16.8 Å². The lowest BCUT2D eigenvalue weighted by Gasteiger charge is -2.16. The maximum atomic E-state index is 13.9. The Morgan fingerprint density at radius 1 is 1.27 bits per heavy atom. The van der Waals surface area contributed by atoms with Gasteiger partial charge >= 0.3 is 0 Å². The number of hydrogen-bond donors (Lipinski definition) is 3. The number of imidazole rings is 1. The van der Waals surface area contributed by atoms with Crippen LogP contribution in [-0.4, -0.2) is 19.5 Å². The molecule has 0 spiro atoms.